The first-order chi connectivity index (χ1) is 19.9. The van der Waals surface area contributed by atoms with Crippen LogP contribution in [0.3, 0.4) is 0 Å². The van der Waals surface area contributed by atoms with E-state index in [9.17, 15) is 14.7 Å². The van der Waals surface area contributed by atoms with E-state index >= 15 is 0 Å². The summed E-state index contributed by atoms with van der Waals surface area (Å²) in [6.07, 6.45) is 0.447. The van der Waals surface area contributed by atoms with Crippen molar-refractivity contribution < 1.29 is 19.4 Å². The highest BCUT2D eigenvalue weighted by atomic mass is 16.5. The molecule has 1 aromatic heterocycles. The zero-order chi connectivity index (χ0) is 28.8. The van der Waals surface area contributed by atoms with Crippen molar-refractivity contribution in [3.63, 3.8) is 0 Å². The van der Waals surface area contributed by atoms with Crippen LogP contribution >= 0.6 is 0 Å². The smallest absolute Gasteiger partial charge is 0.255 e. The van der Waals surface area contributed by atoms with Crippen molar-refractivity contribution in [2.45, 2.75) is 20.0 Å². The Morgan fingerprint density at radius 3 is 2.37 bits per heavy atom. The second-order valence-corrected chi connectivity index (χ2v) is 9.58. The molecule has 0 spiro atoms. The summed E-state index contributed by atoms with van der Waals surface area (Å²) in [4.78, 5) is 39.8. The number of nitrogen functional groups attached to an aromatic ring is 1. The van der Waals surface area contributed by atoms with Gasteiger partial charge in [0, 0.05) is 60.2 Å². The number of hydrogen-bond acceptors (Lipinski definition) is 9. The number of amides is 2. The number of ether oxygens (including phenoxy) is 1. The molecule has 0 aliphatic carbocycles. The quantitative estimate of drug-likeness (QED) is 0.257. The van der Waals surface area contributed by atoms with Gasteiger partial charge in [0.15, 0.2) is 5.82 Å². The van der Waals surface area contributed by atoms with Crippen molar-refractivity contribution >= 4 is 34.8 Å². The standard InChI is InChI=1S/C30H31N7O4/c1-19(39)32-22-9-7-21(8-10-22)29(40)33-26-4-2-3-24(25(26)18-38)28-34-27(35-30(31)36-28)17-20-5-11-23(12-6-20)37-13-15-41-16-14-37/h2-12,38H,13-18H2,1H3,(H,32,39)(H,33,40)(H2,31,34,35,36). The Bertz CT molecular complexity index is 1540. The van der Waals surface area contributed by atoms with Gasteiger partial charge >= 0.3 is 0 Å². The summed E-state index contributed by atoms with van der Waals surface area (Å²) in [6.45, 7) is 4.23. The molecule has 1 saturated heterocycles. The molecule has 0 radical (unpaired) electrons. The molecule has 5 rings (SSSR count). The summed E-state index contributed by atoms with van der Waals surface area (Å²) < 4.78 is 5.44. The van der Waals surface area contributed by atoms with Crippen molar-refractivity contribution in [1.29, 1.82) is 0 Å². The molecule has 5 N–H and O–H groups in total. The molecule has 4 aromatic rings. The molecule has 1 fully saturated rings. The van der Waals surface area contributed by atoms with Crippen LogP contribution in [0.2, 0.25) is 0 Å². The van der Waals surface area contributed by atoms with Crippen LogP contribution < -0.4 is 21.3 Å². The molecule has 41 heavy (non-hydrogen) atoms. The van der Waals surface area contributed by atoms with Gasteiger partial charge in [-0.25, -0.2) is 4.98 Å². The van der Waals surface area contributed by atoms with Gasteiger partial charge in [-0.1, -0.05) is 24.3 Å². The van der Waals surface area contributed by atoms with E-state index in [2.05, 4.69) is 42.6 Å². The van der Waals surface area contributed by atoms with Gasteiger partial charge in [-0.15, -0.1) is 0 Å². The van der Waals surface area contributed by atoms with E-state index in [1.54, 1.807) is 42.5 Å². The highest BCUT2D eigenvalue weighted by molar-refractivity contribution is 6.05. The lowest BCUT2D eigenvalue weighted by molar-refractivity contribution is -0.114. The van der Waals surface area contributed by atoms with E-state index in [1.165, 1.54) is 6.92 Å². The van der Waals surface area contributed by atoms with Crippen LogP contribution in [0.1, 0.15) is 34.2 Å². The maximum absolute atomic E-state index is 12.9. The molecule has 0 bridgehead atoms. The Hall–Kier alpha value is -4.87. The Labute approximate surface area is 237 Å². The fraction of sp³-hybridized carbons (Fsp3) is 0.233. The minimum Gasteiger partial charge on any atom is -0.392 e. The summed E-state index contributed by atoms with van der Waals surface area (Å²) in [5.74, 6) is 0.284. The molecule has 0 saturated carbocycles. The number of aliphatic hydroxyl groups excluding tert-OH is 1. The molecule has 11 nitrogen and oxygen atoms in total. The Morgan fingerprint density at radius 2 is 1.68 bits per heavy atom. The lowest BCUT2D eigenvalue weighted by Gasteiger charge is -2.28. The molecule has 1 aliphatic heterocycles. The van der Waals surface area contributed by atoms with E-state index in [1.807, 2.05) is 12.1 Å². The van der Waals surface area contributed by atoms with Gasteiger partial charge in [-0.3, -0.25) is 9.59 Å². The average Bonchev–Trinajstić information content (AvgIpc) is 2.97. The lowest BCUT2D eigenvalue weighted by atomic mass is 10.0. The Kier molecular flexibility index (Phi) is 8.47. The Balaban J connectivity index is 1.35. The zero-order valence-corrected chi connectivity index (χ0v) is 22.6. The maximum atomic E-state index is 12.9. The molecule has 210 valence electrons. The zero-order valence-electron chi connectivity index (χ0n) is 22.6. The van der Waals surface area contributed by atoms with Crippen molar-refractivity contribution in [3.05, 3.63) is 89.2 Å². The predicted molar refractivity (Wildman–Crippen MR) is 157 cm³/mol. The molecular formula is C30H31N7O4. The summed E-state index contributed by atoms with van der Waals surface area (Å²) in [5.41, 5.74) is 10.6. The van der Waals surface area contributed by atoms with E-state index in [-0.39, 0.29) is 24.4 Å². The number of carbonyl (C=O) groups excluding carboxylic acids is 2. The fourth-order valence-corrected chi connectivity index (χ4v) is 4.65. The first kappa shape index (κ1) is 27.7. The molecule has 11 heteroatoms. The van der Waals surface area contributed by atoms with E-state index in [4.69, 9.17) is 10.5 Å². The number of aliphatic hydroxyl groups is 1. The normalized spacial score (nSPS) is 13.1. The van der Waals surface area contributed by atoms with E-state index in [0.717, 1.165) is 37.6 Å². The predicted octanol–water partition coefficient (Wildman–Crippen LogP) is 3.25. The molecule has 3 aromatic carbocycles. The number of carbonyl (C=O) groups is 2. The lowest BCUT2D eigenvalue weighted by Crippen LogP contribution is -2.36. The van der Waals surface area contributed by atoms with Crippen LogP contribution in [0.5, 0.6) is 0 Å². The number of hydrogen-bond donors (Lipinski definition) is 4. The largest absolute Gasteiger partial charge is 0.392 e. The number of benzene rings is 3. The van der Waals surface area contributed by atoms with Crippen molar-refractivity contribution in [1.82, 2.24) is 15.0 Å². The van der Waals surface area contributed by atoms with Gasteiger partial charge < -0.3 is 31.1 Å². The number of rotatable bonds is 8. The van der Waals surface area contributed by atoms with Gasteiger partial charge in [0.1, 0.15) is 5.82 Å². The third-order valence-corrected chi connectivity index (χ3v) is 6.66. The molecule has 1 aliphatic rings. The SMILES string of the molecule is CC(=O)Nc1ccc(C(=O)Nc2cccc(-c3nc(N)nc(Cc4ccc(N5CCOCC5)cc4)n3)c2CO)cc1. The monoisotopic (exact) mass is 553 g/mol. The van der Waals surface area contributed by atoms with Gasteiger partial charge in [0.2, 0.25) is 11.9 Å². The molecule has 2 heterocycles. The molecule has 2 amide bonds. The number of anilines is 4. The summed E-state index contributed by atoms with van der Waals surface area (Å²) >= 11 is 0. The van der Waals surface area contributed by atoms with E-state index in [0.29, 0.717) is 46.1 Å². The van der Waals surface area contributed by atoms with Gasteiger partial charge in [0.05, 0.1) is 19.8 Å². The summed E-state index contributed by atoms with van der Waals surface area (Å²) in [7, 11) is 0. The third kappa shape index (κ3) is 6.83. The van der Waals surface area contributed by atoms with Crippen molar-refractivity contribution in [2.24, 2.45) is 0 Å². The van der Waals surface area contributed by atoms with Gasteiger partial charge in [0.25, 0.3) is 5.91 Å². The van der Waals surface area contributed by atoms with E-state index < -0.39 is 0 Å². The second-order valence-electron chi connectivity index (χ2n) is 9.58. The first-order valence-corrected chi connectivity index (χ1v) is 13.2. The number of morpholine rings is 1. The first-order valence-electron chi connectivity index (χ1n) is 13.2. The van der Waals surface area contributed by atoms with Crippen LogP contribution in [0.4, 0.5) is 23.0 Å². The topological polar surface area (TPSA) is 156 Å². The molecule has 0 atom stereocenters. The van der Waals surface area contributed by atoms with Crippen molar-refractivity contribution in [3.8, 4) is 11.4 Å². The van der Waals surface area contributed by atoms with Gasteiger partial charge in [-0.05, 0) is 48.0 Å². The minimum absolute atomic E-state index is 0.0625. The number of nitrogens with zero attached hydrogens (tertiary/aromatic N) is 4. The average molecular weight is 554 g/mol. The number of nitrogens with two attached hydrogens (primary N) is 1. The third-order valence-electron chi connectivity index (χ3n) is 6.66. The van der Waals surface area contributed by atoms with Crippen LogP contribution in [-0.4, -0.2) is 58.2 Å². The highest BCUT2D eigenvalue weighted by Gasteiger charge is 2.17. The molecular weight excluding hydrogens is 522 g/mol. The van der Waals surface area contributed by atoms with Crippen LogP contribution in [0.25, 0.3) is 11.4 Å². The summed E-state index contributed by atoms with van der Waals surface area (Å²) in [5, 5.41) is 15.8. The van der Waals surface area contributed by atoms with Crippen LogP contribution in [0.15, 0.2) is 66.7 Å². The molecule has 0 unspecified atom stereocenters. The second kappa shape index (κ2) is 12.5. The minimum atomic E-state index is -0.373. The highest BCUT2D eigenvalue weighted by Crippen LogP contribution is 2.29. The van der Waals surface area contributed by atoms with Gasteiger partial charge in [-0.2, -0.15) is 9.97 Å². The van der Waals surface area contributed by atoms with Crippen molar-refractivity contribution in [2.75, 3.05) is 47.6 Å². The fourth-order valence-electron chi connectivity index (χ4n) is 4.65. The maximum Gasteiger partial charge on any atom is 0.255 e. The summed E-state index contributed by atoms with van der Waals surface area (Å²) in [6, 6.07) is 19.9. The van der Waals surface area contributed by atoms with Crippen LogP contribution in [-0.2, 0) is 22.6 Å². The number of nitrogens with one attached hydrogen (secondary N) is 2. The number of aromatic nitrogens is 3. The Morgan fingerprint density at radius 1 is 0.951 bits per heavy atom. The van der Waals surface area contributed by atoms with Crippen LogP contribution in [0, 0.1) is 0 Å².